The summed E-state index contributed by atoms with van der Waals surface area (Å²) in [5.74, 6) is 0.100. The van der Waals surface area contributed by atoms with E-state index in [1.54, 1.807) is 47.7 Å². The molecule has 1 aliphatic rings. The minimum absolute atomic E-state index is 0.333. The van der Waals surface area contributed by atoms with Crippen LogP contribution in [0.25, 0.3) is 10.6 Å². The van der Waals surface area contributed by atoms with Crippen molar-refractivity contribution < 1.29 is 9.59 Å². The summed E-state index contributed by atoms with van der Waals surface area (Å²) >= 11 is 7.39. The van der Waals surface area contributed by atoms with E-state index >= 15 is 0 Å². The van der Waals surface area contributed by atoms with Gasteiger partial charge in [0.2, 0.25) is 0 Å². The first-order valence-electron chi connectivity index (χ1n) is 7.29. The van der Waals surface area contributed by atoms with Crippen molar-refractivity contribution in [2.75, 3.05) is 4.90 Å². The Bertz CT molecular complexity index is 932. The molecule has 6 heteroatoms. The third kappa shape index (κ3) is 2.33. The lowest BCUT2D eigenvalue weighted by Gasteiger charge is -2.13. The van der Waals surface area contributed by atoms with Crippen LogP contribution in [0.4, 0.5) is 5.82 Å². The van der Waals surface area contributed by atoms with E-state index in [2.05, 4.69) is 4.98 Å². The van der Waals surface area contributed by atoms with Gasteiger partial charge in [0.05, 0.1) is 27.6 Å². The molecule has 0 spiro atoms. The minimum Gasteiger partial charge on any atom is -0.268 e. The monoisotopic (exact) mass is 354 g/mol. The molecule has 4 rings (SSSR count). The van der Waals surface area contributed by atoms with Crippen molar-refractivity contribution in [2.45, 2.75) is 5.88 Å². The van der Waals surface area contributed by atoms with Gasteiger partial charge in [0, 0.05) is 4.88 Å². The van der Waals surface area contributed by atoms with Crippen LogP contribution in [0.3, 0.4) is 0 Å². The van der Waals surface area contributed by atoms with E-state index in [-0.39, 0.29) is 11.8 Å². The maximum atomic E-state index is 12.6. The number of alkyl halides is 1. The molecule has 1 aliphatic heterocycles. The summed E-state index contributed by atoms with van der Waals surface area (Å²) < 4.78 is 0. The fourth-order valence-electron chi connectivity index (χ4n) is 2.67. The van der Waals surface area contributed by atoms with Crippen molar-refractivity contribution in [1.82, 2.24) is 4.98 Å². The van der Waals surface area contributed by atoms with Gasteiger partial charge >= 0.3 is 0 Å². The molecule has 2 aromatic heterocycles. The van der Waals surface area contributed by atoms with Crippen molar-refractivity contribution in [1.29, 1.82) is 0 Å². The highest BCUT2D eigenvalue weighted by Gasteiger charge is 2.37. The molecule has 118 valence electrons. The van der Waals surface area contributed by atoms with E-state index < -0.39 is 0 Å². The molecule has 3 heterocycles. The molecule has 3 aromatic rings. The van der Waals surface area contributed by atoms with Gasteiger partial charge in [0.1, 0.15) is 5.82 Å². The summed E-state index contributed by atoms with van der Waals surface area (Å²) in [7, 11) is 0. The zero-order valence-corrected chi connectivity index (χ0v) is 14.0. The molecular weight excluding hydrogens is 344 g/mol. The summed E-state index contributed by atoms with van der Waals surface area (Å²) in [6.45, 7) is 0. The second-order valence-corrected chi connectivity index (χ2v) is 6.71. The van der Waals surface area contributed by atoms with Crippen LogP contribution in [0.1, 0.15) is 25.6 Å². The van der Waals surface area contributed by atoms with E-state index in [1.807, 2.05) is 18.2 Å². The Morgan fingerprint density at radius 2 is 1.62 bits per heavy atom. The third-order valence-corrected chi connectivity index (χ3v) is 5.36. The van der Waals surface area contributed by atoms with Crippen molar-refractivity contribution in [3.05, 3.63) is 70.6 Å². The highest BCUT2D eigenvalue weighted by molar-refractivity contribution is 7.15. The molecule has 0 bridgehead atoms. The van der Waals surface area contributed by atoms with E-state index in [0.29, 0.717) is 28.5 Å². The lowest BCUT2D eigenvalue weighted by Crippen LogP contribution is -2.30. The van der Waals surface area contributed by atoms with Crippen LogP contribution in [0.5, 0.6) is 0 Å². The lowest BCUT2D eigenvalue weighted by atomic mass is 10.1. The predicted octanol–water partition coefficient (Wildman–Crippen LogP) is 4.35. The number of nitrogens with zero attached hydrogens (tertiary/aromatic N) is 2. The SMILES string of the molecule is O=C1c2ccccc2C(=O)N1c1cccc(-c2ccc(CCl)s2)n1. The zero-order chi connectivity index (χ0) is 16.7. The number of benzene rings is 1. The Labute approximate surface area is 147 Å². The minimum atomic E-state index is -0.340. The van der Waals surface area contributed by atoms with Gasteiger partial charge in [-0.25, -0.2) is 9.88 Å². The second-order valence-electron chi connectivity index (χ2n) is 5.27. The number of aromatic nitrogens is 1. The molecule has 0 saturated heterocycles. The summed E-state index contributed by atoms with van der Waals surface area (Å²) in [4.78, 5) is 32.7. The molecule has 2 amide bonds. The molecule has 0 atom stereocenters. The largest absolute Gasteiger partial charge is 0.268 e. The molecule has 0 saturated carbocycles. The highest BCUT2D eigenvalue weighted by Crippen LogP contribution is 2.31. The maximum Gasteiger partial charge on any atom is 0.267 e. The topological polar surface area (TPSA) is 50.3 Å². The highest BCUT2D eigenvalue weighted by atomic mass is 35.5. The number of carbonyl (C=O) groups excluding carboxylic acids is 2. The van der Waals surface area contributed by atoms with Crippen LogP contribution < -0.4 is 4.90 Å². The van der Waals surface area contributed by atoms with Crippen molar-refractivity contribution in [2.24, 2.45) is 0 Å². The normalized spacial score (nSPS) is 13.5. The van der Waals surface area contributed by atoms with Gasteiger partial charge in [0.15, 0.2) is 0 Å². The summed E-state index contributed by atoms with van der Waals surface area (Å²) in [6, 6.07) is 16.0. The number of hydrogen-bond donors (Lipinski definition) is 0. The Morgan fingerprint density at radius 3 is 2.25 bits per heavy atom. The van der Waals surface area contributed by atoms with Gasteiger partial charge in [-0.1, -0.05) is 18.2 Å². The van der Waals surface area contributed by atoms with E-state index in [1.165, 1.54) is 0 Å². The summed E-state index contributed by atoms with van der Waals surface area (Å²) in [5, 5.41) is 0. The fourth-order valence-corrected chi connectivity index (χ4v) is 3.75. The average molecular weight is 355 g/mol. The lowest BCUT2D eigenvalue weighted by molar-refractivity contribution is 0.0925. The molecule has 24 heavy (non-hydrogen) atoms. The van der Waals surface area contributed by atoms with Gasteiger partial charge in [0.25, 0.3) is 11.8 Å². The number of rotatable bonds is 3. The number of imide groups is 1. The van der Waals surface area contributed by atoms with Crippen molar-refractivity contribution in [3.63, 3.8) is 0 Å². The Morgan fingerprint density at radius 1 is 0.917 bits per heavy atom. The first kappa shape index (κ1) is 15.1. The van der Waals surface area contributed by atoms with Crippen LogP contribution in [0.2, 0.25) is 0 Å². The number of thiophene rings is 1. The van der Waals surface area contributed by atoms with Gasteiger partial charge in [-0.3, -0.25) is 9.59 Å². The Hall–Kier alpha value is -2.50. The summed E-state index contributed by atoms with van der Waals surface area (Å²) in [6.07, 6.45) is 0. The first-order chi connectivity index (χ1) is 11.7. The quantitative estimate of drug-likeness (QED) is 0.519. The number of pyridine rings is 1. The number of fused-ring (bicyclic) bond motifs is 1. The number of amides is 2. The fraction of sp³-hybridized carbons (Fsp3) is 0.0556. The number of halogens is 1. The molecular formula is C18H11ClN2O2S. The number of hydrogen-bond acceptors (Lipinski definition) is 4. The standard InChI is InChI=1S/C18H11ClN2O2S/c19-10-11-8-9-15(24-11)14-6-3-7-16(20-14)21-17(22)12-4-1-2-5-13(12)18(21)23/h1-9H,10H2. The van der Waals surface area contributed by atoms with Gasteiger partial charge in [-0.15, -0.1) is 22.9 Å². The van der Waals surface area contributed by atoms with Crippen LogP contribution in [0, 0.1) is 0 Å². The number of anilines is 1. The van der Waals surface area contributed by atoms with Crippen molar-refractivity contribution in [3.8, 4) is 10.6 Å². The zero-order valence-electron chi connectivity index (χ0n) is 12.4. The van der Waals surface area contributed by atoms with Crippen LogP contribution in [0.15, 0.2) is 54.6 Å². The van der Waals surface area contributed by atoms with E-state index in [9.17, 15) is 9.59 Å². The van der Waals surface area contributed by atoms with Crippen LogP contribution in [-0.2, 0) is 5.88 Å². The predicted molar refractivity (Wildman–Crippen MR) is 94.7 cm³/mol. The number of carbonyl (C=O) groups is 2. The van der Waals surface area contributed by atoms with Crippen LogP contribution in [-0.4, -0.2) is 16.8 Å². The van der Waals surface area contributed by atoms with Crippen LogP contribution >= 0.6 is 22.9 Å². The van der Waals surface area contributed by atoms with E-state index in [0.717, 1.165) is 14.7 Å². The molecule has 0 radical (unpaired) electrons. The molecule has 4 nitrogen and oxygen atoms in total. The molecule has 0 N–H and O–H groups in total. The third-order valence-electron chi connectivity index (χ3n) is 3.80. The van der Waals surface area contributed by atoms with E-state index in [4.69, 9.17) is 11.6 Å². The smallest absolute Gasteiger partial charge is 0.267 e. The Balaban J connectivity index is 1.75. The molecule has 0 aliphatic carbocycles. The van der Waals surface area contributed by atoms with Gasteiger partial charge in [-0.05, 0) is 36.4 Å². The molecule has 0 unspecified atom stereocenters. The second kappa shape index (κ2) is 5.85. The summed E-state index contributed by atoms with van der Waals surface area (Å²) in [5.41, 5.74) is 1.54. The average Bonchev–Trinajstić information content (AvgIpc) is 3.20. The van der Waals surface area contributed by atoms with Gasteiger partial charge in [-0.2, -0.15) is 0 Å². The first-order valence-corrected chi connectivity index (χ1v) is 8.64. The van der Waals surface area contributed by atoms with Gasteiger partial charge < -0.3 is 0 Å². The maximum absolute atomic E-state index is 12.6. The Kier molecular flexibility index (Phi) is 3.67. The molecule has 1 aromatic carbocycles. The molecule has 0 fully saturated rings. The van der Waals surface area contributed by atoms with Crippen molar-refractivity contribution >= 4 is 40.6 Å².